The Bertz CT molecular complexity index is 605. The van der Waals surface area contributed by atoms with Gasteiger partial charge in [-0.15, -0.1) is 0 Å². The van der Waals surface area contributed by atoms with Crippen LogP contribution in [-0.2, 0) is 0 Å². The fourth-order valence-electron chi connectivity index (χ4n) is 1.63. The number of hydrogen-bond acceptors (Lipinski definition) is 3. The lowest BCUT2D eigenvalue weighted by molar-refractivity contribution is 0.365. The van der Waals surface area contributed by atoms with Crippen LogP contribution >= 0.6 is 0 Å². The fourth-order valence-corrected chi connectivity index (χ4v) is 1.63. The Hall–Kier alpha value is -2.41. The molecule has 72 valence electrons. The van der Waals surface area contributed by atoms with Gasteiger partial charge >= 0.3 is 0 Å². The van der Waals surface area contributed by atoms with Crippen molar-refractivity contribution in [2.24, 2.45) is 0 Å². The molecule has 1 aliphatic heterocycles. The molecule has 4 nitrogen and oxygen atoms in total. The molecule has 0 fully saturated rings. The Morgan fingerprint density at radius 2 is 2.07 bits per heavy atom. The Balaban J connectivity index is 2.34. The first-order valence-electron chi connectivity index (χ1n) is 4.42. The molecule has 2 aromatic rings. The van der Waals surface area contributed by atoms with Gasteiger partial charge in [-0.1, -0.05) is 0 Å². The van der Waals surface area contributed by atoms with E-state index in [4.69, 9.17) is 14.7 Å². The third kappa shape index (κ3) is 1.07. The third-order valence-electron chi connectivity index (χ3n) is 2.27. The number of rotatable bonds is 0. The van der Waals surface area contributed by atoms with Crippen LogP contribution in [0.4, 0.5) is 0 Å². The summed E-state index contributed by atoms with van der Waals surface area (Å²) in [5, 5.41) is 9.63. The predicted molar refractivity (Wildman–Crippen MR) is 53.4 cm³/mol. The molecule has 0 atom stereocenters. The summed E-state index contributed by atoms with van der Waals surface area (Å²) in [7, 11) is 0. The summed E-state index contributed by atoms with van der Waals surface area (Å²) in [5.41, 5.74) is 1.38. The predicted octanol–water partition coefficient (Wildman–Crippen LogP) is 2.28. The van der Waals surface area contributed by atoms with E-state index in [9.17, 15) is 0 Å². The highest BCUT2D eigenvalue weighted by Gasteiger charge is 2.14. The minimum atomic E-state index is 0.511. The molecule has 2 heterocycles. The maximum Gasteiger partial charge on any atom is 0.178 e. The van der Waals surface area contributed by atoms with Gasteiger partial charge in [0.1, 0.15) is 24.3 Å². The number of nitriles is 1. The number of benzene rings is 1. The third-order valence-corrected chi connectivity index (χ3v) is 2.27. The average molecular weight is 198 g/mol. The summed E-state index contributed by atoms with van der Waals surface area (Å²) >= 11 is 0. The lowest BCUT2D eigenvalue weighted by Crippen LogP contribution is -1.95. The summed E-state index contributed by atoms with van der Waals surface area (Å²) < 4.78 is 10.6. The lowest BCUT2D eigenvalue weighted by Gasteiger charge is -2.12. The van der Waals surface area contributed by atoms with Crippen LogP contribution in [0, 0.1) is 11.3 Å². The second kappa shape index (κ2) is 2.79. The van der Waals surface area contributed by atoms with Crippen LogP contribution in [0.1, 0.15) is 5.69 Å². The summed E-state index contributed by atoms with van der Waals surface area (Å²) in [6, 6.07) is 7.46. The molecular formula is C11H6N2O2. The Labute approximate surface area is 85.3 Å². The van der Waals surface area contributed by atoms with Crippen LogP contribution < -0.4 is 9.47 Å². The van der Waals surface area contributed by atoms with Gasteiger partial charge in [-0.2, -0.15) is 5.26 Å². The molecular weight excluding hydrogens is 192 g/mol. The van der Waals surface area contributed by atoms with Crippen molar-refractivity contribution in [3.63, 3.8) is 0 Å². The van der Waals surface area contributed by atoms with Gasteiger partial charge in [-0.05, 0) is 18.2 Å². The molecule has 1 N–H and O–H groups in total. The van der Waals surface area contributed by atoms with Crippen molar-refractivity contribution in [2.75, 3.05) is 0 Å². The van der Waals surface area contributed by atoms with E-state index in [0.717, 1.165) is 10.9 Å². The molecule has 15 heavy (non-hydrogen) atoms. The first-order chi connectivity index (χ1) is 7.38. The van der Waals surface area contributed by atoms with Gasteiger partial charge in [0.2, 0.25) is 0 Å². The smallest absolute Gasteiger partial charge is 0.178 e. The van der Waals surface area contributed by atoms with E-state index >= 15 is 0 Å². The second-order valence-corrected chi connectivity index (χ2v) is 3.16. The Morgan fingerprint density at radius 3 is 2.93 bits per heavy atom. The number of nitrogens with zero attached hydrogens (tertiary/aromatic N) is 1. The molecule has 0 radical (unpaired) electrons. The van der Waals surface area contributed by atoms with Crippen LogP contribution in [0.3, 0.4) is 0 Å². The van der Waals surface area contributed by atoms with Crippen molar-refractivity contribution in [2.45, 2.75) is 0 Å². The zero-order chi connectivity index (χ0) is 10.3. The van der Waals surface area contributed by atoms with Gasteiger partial charge in [0.05, 0.1) is 5.52 Å². The van der Waals surface area contributed by atoms with Crippen molar-refractivity contribution in [3.05, 3.63) is 36.4 Å². The number of ether oxygens (including phenoxy) is 2. The highest BCUT2D eigenvalue weighted by atomic mass is 16.5. The van der Waals surface area contributed by atoms with Crippen molar-refractivity contribution >= 4 is 10.9 Å². The van der Waals surface area contributed by atoms with E-state index in [-0.39, 0.29) is 0 Å². The highest BCUT2D eigenvalue weighted by Crippen LogP contribution is 2.37. The van der Waals surface area contributed by atoms with Gasteiger partial charge in [-0.25, -0.2) is 0 Å². The second-order valence-electron chi connectivity index (χ2n) is 3.16. The van der Waals surface area contributed by atoms with Crippen LogP contribution in [-0.4, -0.2) is 4.98 Å². The fraction of sp³-hybridized carbons (Fsp3) is 0. The molecule has 1 aromatic heterocycles. The van der Waals surface area contributed by atoms with Crippen molar-refractivity contribution in [1.82, 2.24) is 4.98 Å². The zero-order valence-corrected chi connectivity index (χ0v) is 7.65. The number of hydrogen-bond donors (Lipinski definition) is 1. The quantitative estimate of drug-likeness (QED) is 0.706. The van der Waals surface area contributed by atoms with Crippen molar-refractivity contribution < 1.29 is 9.47 Å². The van der Waals surface area contributed by atoms with Crippen molar-refractivity contribution in [3.8, 4) is 17.6 Å². The van der Waals surface area contributed by atoms with Crippen molar-refractivity contribution in [1.29, 1.82) is 5.26 Å². The number of aromatic nitrogens is 1. The summed E-state index contributed by atoms with van der Waals surface area (Å²) in [6.45, 7) is 0. The molecule has 0 saturated carbocycles. The molecule has 0 aliphatic carbocycles. The minimum absolute atomic E-state index is 0.511. The molecule has 1 aliphatic rings. The topological polar surface area (TPSA) is 58.0 Å². The first-order valence-corrected chi connectivity index (χ1v) is 4.42. The number of H-pyrrole nitrogens is 1. The minimum Gasteiger partial charge on any atom is -0.458 e. The van der Waals surface area contributed by atoms with E-state index in [1.807, 2.05) is 6.07 Å². The van der Waals surface area contributed by atoms with Crippen LogP contribution in [0.15, 0.2) is 30.7 Å². The average Bonchev–Trinajstić information content (AvgIpc) is 2.72. The molecule has 0 bridgehead atoms. The largest absolute Gasteiger partial charge is 0.458 e. The summed E-state index contributed by atoms with van der Waals surface area (Å²) in [4.78, 5) is 2.97. The monoisotopic (exact) mass is 198 g/mol. The summed E-state index contributed by atoms with van der Waals surface area (Å²) in [5.74, 6) is 1.31. The SMILES string of the molecule is N#Cc1cc2c3c(ccc2[nH]1)OC=CO3. The van der Waals surface area contributed by atoms with Gasteiger partial charge in [0, 0.05) is 5.39 Å². The van der Waals surface area contributed by atoms with Crippen LogP contribution in [0.2, 0.25) is 0 Å². The van der Waals surface area contributed by atoms with Crippen LogP contribution in [0.25, 0.3) is 10.9 Å². The normalized spacial score (nSPS) is 12.7. The van der Waals surface area contributed by atoms with E-state index in [0.29, 0.717) is 17.2 Å². The highest BCUT2D eigenvalue weighted by molar-refractivity contribution is 5.90. The standard InChI is InChI=1S/C11H6N2O2/c12-6-7-5-8-9(13-7)1-2-10-11(8)15-4-3-14-10/h1-5,13H. The maximum atomic E-state index is 8.78. The molecule has 0 unspecified atom stereocenters. The molecule has 0 spiro atoms. The molecule has 1 aromatic carbocycles. The zero-order valence-electron chi connectivity index (χ0n) is 7.65. The van der Waals surface area contributed by atoms with Gasteiger partial charge < -0.3 is 14.5 Å². The van der Waals surface area contributed by atoms with E-state index < -0.39 is 0 Å². The van der Waals surface area contributed by atoms with Gasteiger partial charge in [0.25, 0.3) is 0 Å². The summed E-state index contributed by atoms with van der Waals surface area (Å²) in [6.07, 6.45) is 2.95. The lowest BCUT2D eigenvalue weighted by atomic mass is 10.2. The first kappa shape index (κ1) is 7.94. The maximum absolute atomic E-state index is 8.78. The molecule has 4 heteroatoms. The van der Waals surface area contributed by atoms with Gasteiger partial charge in [-0.3, -0.25) is 0 Å². The number of fused-ring (bicyclic) bond motifs is 3. The Kier molecular flexibility index (Phi) is 1.48. The van der Waals surface area contributed by atoms with Gasteiger partial charge in [0.15, 0.2) is 11.5 Å². The van der Waals surface area contributed by atoms with E-state index in [2.05, 4.69) is 11.1 Å². The number of aromatic amines is 1. The van der Waals surface area contributed by atoms with Crippen LogP contribution in [0.5, 0.6) is 11.5 Å². The van der Waals surface area contributed by atoms with E-state index in [1.54, 1.807) is 12.1 Å². The van der Waals surface area contributed by atoms with E-state index in [1.165, 1.54) is 12.5 Å². The number of nitrogens with one attached hydrogen (secondary N) is 1. The Morgan fingerprint density at radius 1 is 1.20 bits per heavy atom. The molecule has 0 saturated heterocycles. The molecule has 0 amide bonds. The molecule has 3 rings (SSSR count).